The van der Waals surface area contributed by atoms with Crippen molar-refractivity contribution in [2.24, 2.45) is 5.16 Å². The minimum Gasteiger partial charge on any atom is -0.333 e. The van der Waals surface area contributed by atoms with Gasteiger partial charge in [0.15, 0.2) is 5.71 Å². The first-order valence-electron chi connectivity index (χ1n) is 4.49. The summed E-state index contributed by atoms with van der Waals surface area (Å²) in [6.45, 7) is 0. The van der Waals surface area contributed by atoms with E-state index in [0.29, 0.717) is 11.6 Å². The van der Waals surface area contributed by atoms with Crippen LogP contribution in [0.5, 0.6) is 5.88 Å². The smallest absolute Gasteiger partial charge is 0.280 e. The molecular weight excluding hydrogens is 248 g/mol. The van der Waals surface area contributed by atoms with Crippen LogP contribution >= 0.6 is 23.3 Å². The van der Waals surface area contributed by atoms with Gasteiger partial charge in [-0.3, -0.25) is 9.69 Å². The summed E-state index contributed by atoms with van der Waals surface area (Å²) in [6.07, 6.45) is 3.73. The van der Waals surface area contributed by atoms with Gasteiger partial charge in [-0.25, -0.2) is 0 Å². The molecule has 16 heavy (non-hydrogen) atoms. The fourth-order valence-electron chi connectivity index (χ4n) is 1.39. The van der Waals surface area contributed by atoms with Crippen LogP contribution in [0.15, 0.2) is 22.8 Å². The van der Waals surface area contributed by atoms with Crippen LogP contribution in [0.3, 0.4) is 0 Å². The van der Waals surface area contributed by atoms with E-state index in [4.69, 9.17) is 4.84 Å². The lowest BCUT2D eigenvalue weighted by atomic mass is 10.2. The number of carbonyl (C=O) groups excluding carboxylic acids is 1. The van der Waals surface area contributed by atoms with Crippen LogP contribution in [0.1, 0.15) is 0 Å². The highest BCUT2D eigenvalue weighted by Crippen LogP contribution is 2.31. The Bertz CT molecular complexity index is 470. The molecule has 3 rings (SSSR count). The second-order valence-corrected chi connectivity index (χ2v) is 4.82. The van der Waals surface area contributed by atoms with E-state index >= 15 is 0 Å². The first-order chi connectivity index (χ1) is 7.86. The normalized spacial score (nSPS) is 25.5. The summed E-state index contributed by atoms with van der Waals surface area (Å²) >= 11 is 2.81. The van der Waals surface area contributed by atoms with Gasteiger partial charge in [-0.2, -0.15) is 0 Å². The van der Waals surface area contributed by atoms with Gasteiger partial charge in [-0.1, -0.05) is 20.8 Å². The van der Waals surface area contributed by atoms with Crippen LogP contribution < -0.4 is 4.84 Å². The molecule has 2 aliphatic heterocycles. The second kappa shape index (κ2) is 3.87. The maximum Gasteiger partial charge on any atom is 0.280 e. The second-order valence-electron chi connectivity index (χ2n) is 3.09. The van der Waals surface area contributed by atoms with Crippen LogP contribution in [0.25, 0.3) is 0 Å². The third kappa shape index (κ3) is 1.50. The maximum absolute atomic E-state index is 11.6. The van der Waals surface area contributed by atoms with Crippen molar-refractivity contribution in [3.63, 3.8) is 0 Å². The number of hydrogen-bond donors (Lipinski definition) is 0. The molecule has 0 saturated carbocycles. The molecule has 0 aliphatic carbocycles. The highest BCUT2D eigenvalue weighted by atomic mass is 32.2. The Morgan fingerprint density at radius 2 is 2.56 bits per heavy atom. The molecule has 1 saturated heterocycles. The lowest BCUT2D eigenvalue weighted by Gasteiger charge is -2.39. The van der Waals surface area contributed by atoms with Gasteiger partial charge in [0.25, 0.3) is 11.8 Å². The molecule has 1 amide bonds. The molecule has 0 unspecified atom stereocenters. The van der Waals surface area contributed by atoms with Crippen molar-refractivity contribution in [1.29, 1.82) is 0 Å². The van der Waals surface area contributed by atoms with Gasteiger partial charge < -0.3 is 4.84 Å². The Kier molecular flexibility index (Phi) is 2.37. The Morgan fingerprint density at radius 3 is 3.38 bits per heavy atom. The lowest BCUT2D eigenvalue weighted by molar-refractivity contribution is -0.125. The maximum atomic E-state index is 11.6. The van der Waals surface area contributed by atoms with E-state index in [9.17, 15) is 4.79 Å². The molecule has 1 aromatic heterocycles. The summed E-state index contributed by atoms with van der Waals surface area (Å²) in [4.78, 5) is 18.2. The summed E-state index contributed by atoms with van der Waals surface area (Å²) in [6, 6.07) is 0. The van der Waals surface area contributed by atoms with Crippen molar-refractivity contribution >= 4 is 34.9 Å². The van der Waals surface area contributed by atoms with Crippen molar-refractivity contribution < 1.29 is 9.63 Å². The number of fused-ring (bicyclic) bond motifs is 1. The molecule has 0 bridgehead atoms. The highest BCUT2D eigenvalue weighted by Gasteiger charge is 2.45. The summed E-state index contributed by atoms with van der Waals surface area (Å²) in [5.41, 5.74) is 0.433. The van der Waals surface area contributed by atoms with Crippen LogP contribution in [-0.4, -0.2) is 37.2 Å². The Balaban J connectivity index is 1.74. The zero-order chi connectivity index (χ0) is 11.0. The SMILES string of the molecule is O=C1C(=NOc2csnn2)[C@H]2SCC=CN12. The molecule has 0 aromatic carbocycles. The lowest BCUT2D eigenvalue weighted by Crippen LogP contribution is -2.58. The molecular formula is C8H6N4O2S2. The first kappa shape index (κ1) is 9.79. The molecule has 1 fully saturated rings. The summed E-state index contributed by atoms with van der Waals surface area (Å²) in [7, 11) is 0. The van der Waals surface area contributed by atoms with E-state index in [-0.39, 0.29) is 11.3 Å². The monoisotopic (exact) mass is 254 g/mol. The van der Waals surface area contributed by atoms with Gasteiger partial charge in [0.1, 0.15) is 5.37 Å². The Hall–Kier alpha value is -1.41. The van der Waals surface area contributed by atoms with E-state index in [2.05, 4.69) is 14.7 Å². The molecule has 3 heterocycles. The van der Waals surface area contributed by atoms with E-state index in [1.165, 1.54) is 11.5 Å². The van der Waals surface area contributed by atoms with E-state index in [1.54, 1.807) is 28.2 Å². The summed E-state index contributed by atoms with van der Waals surface area (Å²) < 4.78 is 3.63. The van der Waals surface area contributed by atoms with Crippen molar-refractivity contribution in [3.05, 3.63) is 17.7 Å². The molecule has 0 spiro atoms. The minimum absolute atomic E-state index is 0.0101. The van der Waals surface area contributed by atoms with Crippen LogP contribution in [0.4, 0.5) is 0 Å². The number of nitrogens with zero attached hydrogens (tertiary/aromatic N) is 4. The first-order valence-corrected chi connectivity index (χ1v) is 6.37. The molecule has 8 heteroatoms. The molecule has 0 radical (unpaired) electrons. The van der Waals surface area contributed by atoms with Crippen LogP contribution in [0.2, 0.25) is 0 Å². The predicted octanol–water partition coefficient (Wildman–Crippen LogP) is 0.702. The van der Waals surface area contributed by atoms with Crippen molar-refractivity contribution in [3.8, 4) is 5.88 Å². The zero-order valence-electron chi connectivity index (χ0n) is 7.94. The summed E-state index contributed by atoms with van der Waals surface area (Å²) in [5.74, 6) is 1.09. The highest BCUT2D eigenvalue weighted by molar-refractivity contribution is 8.01. The Morgan fingerprint density at radius 1 is 1.62 bits per heavy atom. The van der Waals surface area contributed by atoms with E-state index < -0.39 is 0 Å². The molecule has 82 valence electrons. The molecule has 2 aliphatic rings. The number of hydrogen-bond acceptors (Lipinski definition) is 7. The molecule has 1 atom stereocenters. The average Bonchev–Trinajstić information content (AvgIpc) is 2.82. The number of oxime groups is 1. The van der Waals surface area contributed by atoms with Crippen molar-refractivity contribution in [2.45, 2.75) is 5.37 Å². The molecule has 1 aromatic rings. The van der Waals surface area contributed by atoms with Crippen molar-refractivity contribution in [1.82, 2.24) is 14.5 Å². The average molecular weight is 254 g/mol. The number of rotatable bonds is 2. The number of amides is 1. The van der Waals surface area contributed by atoms with Gasteiger partial charge in [0, 0.05) is 12.0 Å². The van der Waals surface area contributed by atoms with Crippen LogP contribution in [-0.2, 0) is 4.79 Å². The van der Waals surface area contributed by atoms with Gasteiger partial charge in [0.05, 0.1) is 5.38 Å². The third-order valence-corrected chi connectivity index (χ3v) is 3.77. The van der Waals surface area contributed by atoms with Gasteiger partial charge >= 0.3 is 0 Å². The van der Waals surface area contributed by atoms with Gasteiger partial charge in [0.2, 0.25) is 0 Å². The minimum atomic E-state index is -0.114. The Labute approximate surface area is 99.1 Å². The molecule has 6 nitrogen and oxygen atoms in total. The zero-order valence-corrected chi connectivity index (χ0v) is 9.57. The predicted molar refractivity (Wildman–Crippen MR) is 60.2 cm³/mol. The standard InChI is InChI=1S/C8H6N4O2S2/c13-7-6(8-12(7)2-1-3-15-8)10-14-5-4-16-11-9-5/h1-2,4,8H,3H2/t8-/m1/s1. The van der Waals surface area contributed by atoms with Gasteiger partial charge in [-0.15, -0.1) is 11.8 Å². The fourth-order valence-corrected chi connectivity index (χ4v) is 2.76. The van der Waals surface area contributed by atoms with Crippen LogP contribution in [0, 0.1) is 0 Å². The quantitative estimate of drug-likeness (QED) is 0.574. The number of β-lactam (4-membered cyclic amide) rings is 1. The largest absolute Gasteiger partial charge is 0.333 e. The molecule has 0 N–H and O–H groups in total. The topological polar surface area (TPSA) is 67.7 Å². The number of carbonyl (C=O) groups is 1. The van der Waals surface area contributed by atoms with E-state index in [1.807, 2.05) is 6.08 Å². The number of thioether (sulfide) groups is 1. The van der Waals surface area contributed by atoms with E-state index in [0.717, 1.165) is 5.75 Å². The third-order valence-electron chi connectivity index (χ3n) is 2.13. The van der Waals surface area contributed by atoms with Crippen molar-refractivity contribution in [2.75, 3.05) is 5.75 Å². The number of aromatic nitrogens is 2. The summed E-state index contributed by atoms with van der Waals surface area (Å²) in [5, 5.41) is 9.10. The van der Waals surface area contributed by atoms with Gasteiger partial charge in [-0.05, 0) is 11.5 Å². The fraction of sp³-hybridized carbons (Fsp3) is 0.250.